The van der Waals surface area contributed by atoms with Gasteiger partial charge in [-0.1, -0.05) is 18.2 Å². The van der Waals surface area contributed by atoms with Gasteiger partial charge in [0.2, 0.25) is 5.91 Å². The molecule has 7 nitrogen and oxygen atoms in total. The van der Waals surface area contributed by atoms with Crippen LogP contribution in [0.3, 0.4) is 0 Å². The van der Waals surface area contributed by atoms with Crippen LogP contribution in [-0.4, -0.2) is 57.0 Å². The van der Waals surface area contributed by atoms with Crippen LogP contribution in [0.15, 0.2) is 30.5 Å². The minimum absolute atomic E-state index is 0.136. The van der Waals surface area contributed by atoms with Crippen LogP contribution in [0.2, 0.25) is 0 Å². The maximum absolute atomic E-state index is 14.5. The Morgan fingerprint density at radius 2 is 2.04 bits per heavy atom. The molecule has 0 aliphatic carbocycles. The molecule has 2 atom stereocenters. The molecule has 3 rings (SSSR count). The average Bonchev–Trinajstić information content (AvgIpc) is 3.15. The molecular weight excluding hydrogens is 341 g/mol. The smallest absolute Gasteiger partial charge is 0.326 e. The highest BCUT2D eigenvalue weighted by molar-refractivity contribution is 6.07. The highest BCUT2D eigenvalue weighted by Gasteiger charge is 2.48. The second-order valence-corrected chi connectivity index (χ2v) is 6.68. The number of hydrogen-bond donors (Lipinski definition) is 2. The lowest BCUT2D eigenvalue weighted by Gasteiger charge is -2.22. The molecule has 1 aliphatic rings. The Labute approximate surface area is 149 Å². The third-order valence-electron chi connectivity index (χ3n) is 4.83. The van der Waals surface area contributed by atoms with Gasteiger partial charge in [0.1, 0.15) is 18.3 Å². The van der Waals surface area contributed by atoms with Crippen molar-refractivity contribution in [1.82, 2.24) is 9.47 Å². The first-order valence-corrected chi connectivity index (χ1v) is 8.26. The summed E-state index contributed by atoms with van der Waals surface area (Å²) in [5.74, 6) is -1.92. The first-order chi connectivity index (χ1) is 12.3. The number of likely N-dealkylation sites (tertiary alicyclic amines) is 1. The fourth-order valence-corrected chi connectivity index (χ4v) is 3.46. The van der Waals surface area contributed by atoms with Gasteiger partial charge in [0.25, 0.3) is 0 Å². The molecule has 1 aromatic heterocycles. The van der Waals surface area contributed by atoms with Crippen LogP contribution in [0.25, 0.3) is 10.9 Å². The molecule has 0 bridgehead atoms. The summed E-state index contributed by atoms with van der Waals surface area (Å²) in [4.78, 5) is 37.0. The van der Waals surface area contributed by atoms with E-state index in [-0.39, 0.29) is 31.8 Å². The molecule has 1 aromatic carbocycles. The summed E-state index contributed by atoms with van der Waals surface area (Å²) in [5.41, 5.74) is 4.67. The lowest BCUT2D eigenvalue weighted by Crippen LogP contribution is -2.43. The number of fused-ring (bicyclic) bond motifs is 1. The highest BCUT2D eigenvalue weighted by Crippen LogP contribution is 2.31. The molecule has 0 radical (unpaired) electrons. The van der Waals surface area contributed by atoms with Gasteiger partial charge in [0.05, 0.1) is 6.54 Å². The van der Waals surface area contributed by atoms with Gasteiger partial charge < -0.3 is 20.3 Å². The number of carboxylic acid groups (broad SMARTS) is 1. The summed E-state index contributed by atoms with van der Waals surface area (Å²) in [6.45, 7) is 0.561. The molecule has 1 aliphatic heterocycles. The van der Waals surface area contributed by atoms with Gasteiger partial charge in [0, 0.05) is 35.6 Å². The van der Waals surface area contributed by atoms with Gasteiger partial charge in [-0.3, -0.25) is 9.59 Å². The number of rotatable bonds is 5. The molecule has 3 N–H and O–H groups in total. The van der Waals surface area contributed by atoms with Crippen LogP contribution in [0.1, 0.15) is 23.7 Å². The number of amides is 1. The molecule has 0 spiro atoms. The fourth-order valence-electron chi connectivity index (χ4n) is 3.46. The lowest BCUT2D eigenvalue weighted by molar-refractivity contribution is -0.148. The van der Waals surface area contributed by atoms with E-state index in [1.807, 2.05) is 0 Å². The maximum atomic E-state index is 14.5. The molecule has 1 amide bonds. The van der Waals surface area contributed by atoms with Crippen molar-refractivity contribution in [1.29, 1.82) is 0 Å². The second kappa shape index (κ2) is 6.53. The number of halogens is 1. The number of alkyl halides is 1. The molecule has 0 saturated carbocycles. The van der Waals surface area contributed by atoms with Crippen LogP contribution >= 0.6 is 0 Å². The number of ketones is 1. The summed E-state index contributed by atoms with van der Waals surface area (Å²) < 4.78 is 16.1. The van der Waals surface area contributed by atoms with Crippen LogP contribution in [0.5, 0.6) is 0 Å². The van der Waals surface area contributed by atoms with E-state index >= 15 is 0 Å². The van der Waals surface area contributed by atoms with Gasteiger partial charge in [0.15, 0.2) is 5.78 Å². The Hall–Kier alpha value is -2.74. The number of nitrogens with two attached hydrogens (primary N) is 1. The van der Waals surface area contributed by atoms with E-state index in [0.29, 0.717) is 16.5 Å². The first kappa shape index (κ1) is 18.1. The summed E-state index contributed by atoms with van der Waals surface area (Å²) in [5, 5.41) is 10.0. The maximum Gasteiger partial charge on any atom is 0.326 e. The van der Waals surface area contributed by atoms with Crippen LogP contribution in [0.4, 0.5) is 4.39 Å². The van der Waals surface area contributed by atoms with Crippen molar-refractivity contribution < 1.29 is 23.9 Å². The fraction of sp³-hybridized carbons (Fsp3) is 0.389. The predicted octanol–water partition coefficient (Wildman–Crippen LogP) is 1.20. The number of aromatic nitrogens is 1. The van der Waals surface area contributed by atoms with E-state index in [9.17, 15) is 23.9 Å². The van der Waals surface area contributed by atoms with Gasteiger partial charge in [-0.15, -0.1) is 0 Å². The van der Waals surface area contributed by atoms with Crippen molar-refractivity contribution in [2.24, 2.45) is 5.73 Å². The molecular formula is C18H20FN3O4. The minimum Gasteiger partial charge on any atom is -0.480 e. The molecule has 0 unspecified atom stereocenters. The normalized spacial score (nSPS) is 22.7. The Kier molecular flexibility index (Phi) is 4.53. The number of aliphatic carboxylic acids is 1. The summed E-state index contributed by atoms with van der Waals surface area (Å²) >= 11 is 0. The molecule has 1 saturated heterocycles. The number of carbonyl (C=O) groups excluding carboxylic acids is 2. The highest BCUT2D eigenvalue weighted by atomic mass is 19.1. The third kappa shape index (κ3) is 3.08. The quantitative estimate of drug-likeness (QED) is 0.779. The zero-order valence-corrected chi connectivity index (χ0v) is 14.3. The number of carbonyl (C=O) groups is 3. The van der Waals surface area contributed by atoms with Crippen molar-refractivity contribution in [2.75, 3.05) is 13.1 Å². The lowest BCUT2D eigenvalue weighted by atomic mass is 10.0. The summed E-state index contributed by atoms with van der Waals surface area (Å²) in [6.07, 6.45) is 1.25. The van der Waals surface area contributed by atoms with E-state index in [2.05, 4.69) is 0 Å². The van der Waals surface area contributed by atoms with E-state index in [1.165, 1.54) is 6.92 Å². The molecule has 8 heteroatoms. The van der Waals surface area contributed by atoms with Crippen LogP contribution in [-0.2, 0) is 16.1 Å². The largest absolute Gasteiger partial charge is 0.480 e. The number of Topliss-reactive ketones (excluding diaryl/α,β-unsaturated/α-hetero) is 1. The van der Waals surface area contributed by atoms with Crippen LogP contribution < -0.4 is 5.73 Å². The summed E-state index contributed by atoms with van der Waals surface area (Å²) in [6, 6.07) is 5.88. The van der Waals surface area contributed by atoms with Crippen molar-refractivity contribution in [3.8, 4) is 0 Å². The monoisotopic (exact) mass is 361 g/mol. The Morgan fingerprint density at radius 1 is 1.35 bits per heavy atom. The van der Waals surface area contributed by atoms with E-state index in [4.69, 9.17) is 5.73 Å². The van der Waals surface area contributed by atoms with Gasteiger partial charge >= 0.3 is 5.97 Å². The standard InChI is InChI=1S/C18H20FN3O4/c1-11(23)13-7-21(14-5-3-2-4-12(13)14)8-16(24)22-10-18(19,9-20)6-15(22)17(25)26/h2-5,7,15H,6,8-10,20H2,1H3,(H,25,26)/t15-,18-/m0/s1. The molecule has 2 aromatic rings. The second-order valence-electron chi connectivity index (χ2n) is 6.68. The van der Waals surface area contributed by atoms with E-state index in [1.54, 1.807) is 35.0 Å². The number of para-hydroxylation sites is 1. The number of benzene rings is 1. The van der Waals surface area contributed by atoms with Gasteiger partial charge in [-0.25, -0.2) is 9.18 Å². The zero-order valence-electron chi connectivity index (χ0n) is 14.3. The average molecular weight is 361 g/mol. The van der Waals surface area contributed by atoms with E-state index < -0.39 is 23.6 Å². The molecule has 1 fully saturated rings. The van der Waals surface area contributed by atoms with Crippen molar-refractivity contribution in [3.63, 3.8) is 0 Å². The van der Waals surface area contributed by atoms with Crippen molar-refractivity contribution in [3.05, 3.63) is 36.0 Å². The van der Waals surface area contributed by atoms with Gasteiger partial charge in [-0.05, 0) is 13.0 Å². The number of carboxylic acids is 1. The van der Waals surface area contributed by atoms with Crippen molar-refractivity contribution in [2.45, 2.75) is 31.6 Å². The zero-order chi connectivity index (χ0) is 19.1. The first-order valence-electron chi connectivity index (χ1n) is 8.26. The Bertz CT molecular complexity index is 894. The predicted molar refractivity (Wildman–Crippen MR) is 92.6 cm³/mol. The van der Waals surface area contributed by atoms with Crippen molar-refractivity contribution >= 4 is 28.6 Å². The van der Waals surface area contributed by atoms with Gasteiger partial charge in [-0.2, -0.15) is 0 Å². The van der Waals surface area contributed by atoms with Crippen LogP contribution in [0, 0.1) is 0 Å². The number of hydrogen-bond acceptors (Lipinski definition) is 4. The molecule has 26 heavy (non-hydrogen) atoms. The summed E-state index contributed by atoms with van der Waals surface area (Å²) in [7, 11) is 0. The Balaban J connectivity index is 1.92. The number of nitrogens with zero attached hydrogens (tertiary/aromatic N) is 2. The SMILES string of the molecule is CC(=O)c1cn(CC(=O)N2C[C@@](F)(CN)C[C@H]2C(=O)O)c2ccccc12. The van der Waals surface area contributed by atoms with E-state index in [0.717, 1.165) is 4.90 Å². The minimum atomic E-state index is -1.90. The molecule has 2 heterocycles. The topological polar surface area (TPSA) is 106 Å². The third-order valence-corrected chi connectivity index (χ3v) is 4.83. The Morgan fingerprint density at radius 3 is 2.65 bits per heavy atom. The molecule has 138 valence electrons.